The third-order valence-corrected chi connectivity index (χ3v) is 5.18. The maximum absolute atomic E-state index is 12.5. The van der Waals surface area contributed by atoms with Crippen LogP contribution in [-0.4, -0.2) is 54.3 Å². The van der Waals surface area contributed by atoms with Crippen molar-refractivity contribution in [2.45, 2.75) is 6.42 Å². The molecule has 1 aromatic rings. The van der Waals surface area contributed by atoms with Gasteiger partial charge in [0, 0.05) is 41.2 Å². The lowest BCUT2D eigenvalue weighted by Gasteiger charge is -2.21. The minimum Gasteiger partial charge on any atom is -0.337 e. The van der Waals surface area contributed by atoms with Gasteiger partial charge in [0.15, 0.2) is 0 Å². The van der Waals surface area contributed by atoms with Crippen molar-refractivity contribution in [1.29, 1.82) is 0 Å². The van der Waals surface area contributed by atoms with E-state index in [1.54, 1.807) is 6.07 Å². The largest absolute Gasteiger partial charge is 0.337 e. The van der Waals surface area contributed by atoms with Gasteiger partial charge in [0.05, 0.1) is 5.02 Å². The molecule has 0 aromatic heterocycles. The highest BCUT2D eigenvalue weighted by Gasteiger charge is 2.20. The molecule has 1 amide bonds. The Balaban J connectivity index is 2.03. The first-order valence-corrected chi connectivity index (χ1v) is 8.63. The van der Waals surface area contributed by atoms with E-state index in [2.05, 4.69) is 27.5 Å². The van der Waals surface area contributed by atoms with Gasteiger partial charge >= 0.3 is 0 Å². The molecule has 20 heavy (non-hydrogen) atoms. The molecule has 1 aliphatic heterocycles. The van der Waals surface area contributed by atoms with Gasteiger partial charge in [-0.05, 0) is 53.8 Å². The van der Waals surface area contributed by atoms with Gasteiger partial charge in [-0.25, -0.2) is 0 Å². The number of carbonyl (C=O) groups excluding carboxylic acids is 1. The van der Waals surface area contributed by atoms with Gasteiger partial charge in [0.1, 0.15) is 0 Å². The zero-order valence-electron chi connectivity index (χ0n) is 11.1. The summed E-state index contributed by atoms with van der Waals surface area (Å²) in [6.07, 6.45) is 0.987. The predicted molar refractivity (Wildman–Crippen MR) is 91.8 cm³/mol. The van der Waals surface area contributed by atoms with Crippen LogP contribution in [0, 0.1) is 3.57 Å². The van der Waals surface area contributed by atoms with Crippen molar-refractivity contribution in [1.82, 2.24) is 9.80 Å². The van der Waals surface area contributed by atoms with E-state index >= 15 is 0 Å². The molecule has 1 heterocycles. The Labute approximate surface area is 143 Å². The van der Waals surface area contributed by atoms with E-state index in [0.717, 1.165) is 42.7 Å². The minimum atomic E-state index is 0.0658. The molecule has 0 N–H and O–H groups in total. The van der Waals surface area contributed by atoms with E-state index in [-0.39, 0.29) is 5.91 Å². The first-order chi connectivity index (χ1) is 9.61. The molecule has 0 aliphatic carbocycles. The monoisotopic (exact) mass is 426 g/mol. The number of hydrogen-bond donors (Lipinski definition) is 0. The zero-order chi connectivity index (χ0) is 14.5. The lowest BCUT2D eigenvalue weighted by molar-refractivity contribution is 0.0762. The third-order valence-electron chi connectivity index (χ3n) is 3.44. The number of amides is 1. The van der Waals surface area contributed by atoms with Gasteiger partial charge in [-0.3, -0.25) is 4.79 Å². The molecule has 0 bridgehead atoms. The van der Waals surface area contributed by atoms with Crippen molar-refractivity contribution in [2.24, 2.45) is 0 Å². The summed E-state index contributed by atoms with van der Waals surface area (Å²) in [5.74, 6) is 0.705. The summed E-state index contributed by atoms with van der Waals surface area (Å²) < 4.78 is 0.963. The predicted octanol–water partition coefficient (Wildman–Crippen LogP) is 3.33. The summed E-state index contributed by atoms with van der Waals surface area (Å²) in [7, 11) is 0. The first-order valence-electron chi connectivity index (χ1n) is 6.64. The number of halogens is 3. The second-order valence-corrected chi connectivity index (χ2v) is 6.75. The fourth-order valence-corrected chi connectivity index (χ4v) is 3.08. The number of nitrogens with zero attached hydrogens (tertiary/aromatic N) is 2. The van der Waals surface area contributed by atoms with E-state index < -0.39 is 0 Å². The fourth-order valence-electron chi connectivity index (χ4n) is 2.33. The minimum absolute atomic E-state index is 0.0658. The maximum Gasteiger partial charge on any atom is 0.253 e. The second-order valence-electron chi connectivity index (χ2n) is 4.81. The average Bonchev–Trinajstić information content (AvgIpc) is 2.67. The lowest BCUT2D eigenvalue weighted by Crippen LogP contribution is -2.35. The van der Waals surface area contributed by atoms with E-state index in [1.807, 2.05) is 17.0 Å². The van der Waals surface area contributed by atoms with Crippen LogP contribution in [0.5, 0.6) is 0 Å². The standard InChI is InChI=1S/C14H17Cl2IN2O/c15-4-7-18-5-1-6-19(9-8-18)14(20)11-2-3-13(17)12(16)10-11/h2-3,10H,1,4-9H2. The number of alkyl halides is 1. The fraction of sp³-hybridized carbons (Fsp3) is 0.500. The summed E-state index contributed by atoms with van der Waals surface area (Å²) in [4.78, 5) is 16.7. The van der Waals surface area contributed by atoms with Crippen LogP contribution in [0.4, 0.5) is 0 Å². The van der Waals surface area contributed by atoms with Crippen molar-refractivity contribution in [2.75, 3.05) is 38.6 Å². The Kier molecular flexibility index (Phi) is 6.39. The van der Waals surface area contributed by atoms with Crippen molar-refractivity contribution < 1.29 is 4.79 Å². The number of carbonyl (C=O) groups is 1. The molecule has 0 unspecified atom stereocenters. The maximum atomic E-state index is 12.5. The van der Waals surface area contributed by atoms with Gasteiger partial charge in [-0.2, -0.15) is 0 Å². The molecular formula is C14H17Cl2IN2O. The van der Waals surface area contributed by atoms with Crippen LogP contribution in [0.1, 0.15) is 16.8 Å². The van der Waals surface area contributed by atoms with E-state index in [1.165, 1.54) is 0 Å². The number of hydrogen-bond acceptors (Lipinski definition) is 2. The van der Waals surface area contributed by atoms with Crippen molar-refractivity contribution >= 4 is 51.7 Å². The molecular weight excluding hydrogens is 410 g/mol. The zero-order valence-corrected chi connectivity index (χ0v) is 14.8. The highest BCUT2D eigenvalue weighted by molar-refractivity contribution is 14.1. The molecule has 0 radical (unpaired) electrons. The Morgan fingerprint density at radius 3 is 2.75 bits per heavy atom. The van der Waals surface area contributed by atoms with Gasteiger partial charge < -0.3 is 9.80 Å². The highest BCUT2D eigenvalue weighted by Crippen LogP contribution is 2.20. The molecule has 1 aliphatic rings. The van der Waals surface area contributed by atoms with Gasteiger partial charge in [-0.1, -0.05) is 11.6 Å². The number of rotatable bonds is 3. The quantitative estimate of drug-likeness (QED) is 0.546. The smallest absolute Gasteiger partial charge is 0.253 e. The van der Waals surface area contributed by atoms with Crippen LogP contribution >= 0.6 is 45.8 Å². The van der Waals surface area contributed by atoms with E-state index in [4.69, 9.17) is 23.2 Å². The number of benzene rings is 1. The van der Waals surface area contributed by atoms with Crippen LogP contribution in [0.3, 0.4) is 0 Å². The molecule has 1 aromatic carbocycles. The summed E-state index contributed by atoms with van der Waals surface area (Å²) in [5.41, 5.74) is 0.668. The van der Waals surface area contributed by atoms with Crippen LogP contribution < -0.4 is 0 Å². The normalized spacial score (nSPS) is 17.1. The van der Waals surface area contributed by atoms with Crippen LogP contribution in [0.2, 0.25) is 5.02 Å². The molecule has 0 spiro atoms. The SMILES string of the molecule is O=C(c1ccc(I)c(Cl)c1)N1CCCN(CCCl)CC1. The summed E-state index contributed by atoms with van der Waals surface area (Å²) in [6, 6.07) is 5.48. The molecule has 1 fully saturated rings. The van der Waals surface area contributed by atoms with Gasteiger partial charge in [0.2, 0.25) is 0 Å². The Bertz CT molecular complexity index is 484. The third kappa shape index (κ3) is 4.23. The second kappa shape index (κ2) is 7.82. The Morgan fingerprint density at radius 2 is 2.05 bits per heavy atom. The molecule has 2 rings (SSSR count). The van der Waals surface area contributed by atoms with Crippen molar-refractivity contribution in [3.8, 4) is 0 Å². The summed E-state index contributed by atoms with van der Waals surface area (Å²) in [5, 5.41) is 0.634. The summed E-state index contributed by atoms with van der Waals surface area (Å²) in [6.45, 7) is 4.32. The van der Waals surface area contributed by atoms with Crippen LogP contribution in [-0.2, 0) is 0 Å². The van der Waals surface area contributed by atoms with Crippen molar-refractivity contribution in [3.63, 3.8) is 0 Å². The lowest BCUT2D eigenvalue weighted by atomic mass is 10.2. The van der Waals surface area contributed by atoms with Gasteiger partial charge in [-0.15, -0.1) is 11.6 Å². The molecule has 6 heteroatoms. The molecule has 0 atom stereocenters. The van der Waals surface area contributed by atoms with E-state index in [0.29, 0.717) is 16.5 Å². The Hall–Kier alpha value is -0.0400. The molecule has 0 saturated carbocycles. The van der Waals surface area contributed by atoms with Crippen molar-refractivity contribution in [3.05, 3.63) is 32.4 Å². The first kappa shape index (κ1) is 16.3. The summed E-state index contributed by atoms with van der Waals surface area (Å²) >= 11 is 14.0. The average molecular weight is 427 g/mol. The van der Waals surface area contributed by atoms with Crippen LogP contribution in [0.15, 0.2) is 18.2 Å². The Morgan fingerprint density at radius 1 is 1.25 bits per heavy atom. The topological polar surface area (TPSA) is 23.6 Å². The molecule has 1 saturated heterocycles. The van der Waals surface area contributed by atoms with E-state index in [9.17, 15) is 4.79 Å². The van der Waals surface area contributed by atoms with Crippen LogP contribution in [0.25, 0.3) is 0 Å². The van der Waals surface area contributed by atoms with Gasteiger partial charge in [0.25, 0.3) is 5.91 Å². The molecule has 110 valence electrons. The molecule has 3 nitrogen and oxygen atoms in total. The highest BCUT2D eigenvalue weighted by atomic mass is 127.